The molecule has 0 unspecified atom stereocenters. The van der Waals surface area contributed by atoms with E-state index < -0.39 is 0 Å². The zero-order chi connectivity index (χ0) is 20.4. The van der Waals surface area contributed by atoms with Crippen LogP contribution in [0.25, 0.3) is 5.69 Å². The van der Waals surface area contributed by atoms with Gasteiger partial charge in [0.05, 0.1) is 17.5 Å². The Bertz CT molecular complexity index is 1030. The maximum absolute atomic E-state index is 12.9. The number of benzene rings is 2. The molecule has 0 radical (unpaired) electrons. The molecule has 150 valence electrons. The average Bonchev–Trinajstić information content (AvgIpc) is 3.19. The third kappa shape index (κ3) is 4.05. The molecule has 1 aromatic heterocycles. The molecular formula is C22H25N5OS. The number of carbonyl (C=O) groups excluding carboxylic acids is 1. The number of rotatable bonds is 5. The summed E-state index contributed by atoms with van der Waals surface area (Å²) in [5, 5.41) is 12.7. The monoisotopic (exact) mass is 407 g/mol. The lowest BCUT2D eigenvalue weighted by Gasteiger charge is -2.33. The maximum atomic E-state index is 12.9. The van der Waals surface area contributed by atoms with Crippen molar-refractivity contribution in [2.24, 2.45) is 0 Å². The van der Waals surface area contributed by atoms with E-state index in [0.717, 1.165) is 30.5 Å². The minimum absolute atomic E-state index is 0.0897. The zero-order valence-corrected chi connectivity index (χ0v) is 17.8. The Morgan fingerprint density at radius 2 is 2.07 bits per heavy atom. The summed E-state index contributed by atoms with van der Waals surface area (Å²) in [6.45, 7) is 4.10. The van der Waals surface area contributed by atoms with E-state index in [0.29, 0.717) is 10.9 Å². The summed E-state index contributed by atoms with van der Waals surface area (Å²) < 4.78 is 1.71. The van der Waals surface area contributed by atoms with E-state index in [-0.39, 0.29) is 11.9 Å². The average molecular weight is 408 g/mol. The molecule has 1 heterocycles. The molecule has 0 saturated heterocycles. The smallest absolute Gasteiger partial charge is 0.233 e. The van der Waals surface area contributed by atoms with Gasteiger partial charge in [-0.05, 0) is 66.3 Å². The van der Waals surface area contributed by atoms with Crippen LogP contribution in [0.2, 0.25) is 0 Å². The lowest BCUT2D eigenvalue weighted by molar-refractivity contribution is -0.129. The first kappa shape index (κ1) is 19.6. The third-order valence-electron chi connectivity index (χ3n) is 5.54. The number of aryl methyl sites for hydroxylation is 3. The van der Waals surface area contributed by atoms with Crippen molar-refractivity contribution in [1.82, 2.24) is 25.1 Å². The van der Waals surface area contributed by atoms with Crippen LogP contribution in [0.1, 0.15) is 41.1 Å². The Morgan fingerprint density at radius 3 is 2.90 bits per heavy atom. The van der Waals surface area contributed by atoms with Gasteiger partial charge >= 0.3 is 0 Å². The molecule has 0 fully saturated rings. The van der Waals surface area contributed by atoms with E-state index in [9.17, 15) is 4.79 Å². The van der Waals surface area contributed by atoms with Crippen LogP contribution in [0.15, 0.2) is 47.6 Å². The Kier molecular flexibility index (Phi) is 5.67. The lowest BCUT2D eigenvalue weighted by atomic mass is 9.87. The fourth-order valence-corrected chi connectivity index (χ4v) is 4.80. The van der Waals surface area contributed by atoms with Gasteiger partial charge in [-0.25, -0.2) is 0 Å². The molecular weight excluding hydrogens is 382 g/mol. The van der Waals surface area contributed by atoms with Crippen molar-refractivity contribution in [2.45, 2.75) is 44.3 Å². The van der Waals surface area contributed by atoms with E-state index in [1.165, 1.54) is 28.5 Å². The molecule has 1 atom stereocenters. The molecule has 0 aliphatic heterocycles. The SMILES string of the molecule is Cc1ccc(-n2nnnc2SCC(=O)N(C)[C@@H]2CCCc3ccccc32)c(C)c1. The third-order valence-corrected chi connectivity index (χ3v) is 6.45. The molecule has 0 bridgehead atoms. The van der Waals surface area contributed by atoms with Crippen LogP contribution in [0.3, 0.4) is 0 Å². The number of tetrazole rings is 1. The van der Waals surface area contributed by atoms with Crippen molar-refractivity contribution in [3.8, 4) is 5.69 Å². The number of aromatic nitrogens is 4. The standard InChI is InChI=1S/C22H25N5OS/c1-15-11-12-19(16(2)13-15)27-22(23-24-25-27)29-14-21(28)26(3)20-10-6-8-17-7-4-5-9-18(17)20/h4-5,7,9,11-13,20H,6,8,10,14H2,1-3H3/t20-/m1/s1. The number of nitrogens with zero attached hydrogens (tertiary/aromatic N) is 5. The van der Waals surface area contributed by atoms with Crippen molar-refractivity contribution in [1.29, 1.82) is 0 Å². The molecule has 6 nitrogen and oxygen atoms in total. The van der Waals surface area contributed by atoms with Crippen LogP contribution < -0.4 is 0 Å². The second-order valence-electron chi connectivity index (χ2n) is 7.56. The maximum Gasteiger partial charge on any atom is 0.233 e. The van der Waals surface area contributed by atoms with Gasteiger partial charge in [0.1, 0.15) is 0 Å². The van der Waals surface area contributed by atoms with E-state index in [1.807, 2.05) is 31.0 Å². The molecule has 1 amide bonds. The number of fused-ring (bicyclic) bond motifs is 1. The van der Waals surface area contributed by atoms with Crippen molar-refractivity contribution >= 4 is 17.7 Å². The lowest BCUT2D eigenvalue weighted by Crippen LogP contribution is -2.34. The van der Waals surface area contributed by atoms with Crippen LogP contribution in [0.5, 0.6) is 0 Å². The summed E-state index contributed by atoms with van der Waals surface area (Å²) in [5.74, 6) is 0.396. The predicted molar refractivity (Wildman–Crippen MR) is 114 cm³/mol. The minimum atomic E-state index is 0.0897. The summed E-state index contributed by atoms with van der Waals surface area (Å²) in [4.78, 5) is 14.8. The van der Waals surface area contributed by atoms with Crippen LogP contribution in [0, 0.1) is 13.8 Å². The number of carbonyl (C=O) groups is 1. The molecule has 0 saturated carbocycles. The second kappa shape index (κ2) is 8.37. The van der Waals surface area contributed by atoms with Gasteiger partial charge in [0.2, 0.25) is 11.1 Å². The predicted octanol–water partition coefficient (Wildman–Crippen LogP) is 3.91. The van der Waals surface area contributed by atoms with E-state index >= 15 is 0 Å². The number of hydrogen-bond donors (Lipinski definition) is 0. The highest BCUT2D eigenvalue weighted by Gasteiger charge is 2.26. The highest BCUT2D eigenvalue weighted by Crippen LogP contribution is 2.34. The zero-order valence-electron chi connectivity index (χ0n) is 17.0. The summed E-state index contributed by atoms with van der Waals surface area (Å²) in [6, 6.07) is 14.8. The van der Waals surface area contributed by atoms with E-state index in [2.05, 4.69) is 52.8 Å². The molecule has 3 aromatic rings. The minimum Gasteiger partial charge on any atom is -0.338 e. The highest BCUT2D eigenvalue weighted by atomic mass is 32.2. The van der Waals surface area contributed by atoms with Crippen molar-refractivity contribution < 1.29 is 4.79 Å². The van der Waals surface area contributed by atoms with Gasteiger partial charge < -0.3 is 4.90 Å². The first-order valence-corrected chi connectivity index (χ1v) is 10.9. The molecule has 1 aliphatic rings. The quantitative estimate of drug-likeness (QED) is 0.600. The van der Waals surface area contributed by atoms with Gasteiger partial charge in [0, 0.05) is 7.05 Å². The topological polar surface area (TPSA) is 63.9 Å². The van der Waals surface area contributed by atoms with E-state index in [4.69, 9.17) is 0 Å². The Balaban J connectivity index is 1.47. The van der Waals surface area contributed by atoms with Crippen LogP contribution >= 0.6 is 11.8 Å². The molecule has 1 aliphatic carbocycles. The van der Waals surface area contributed by atoms with E-state index in [1.54, 1.807) is 4.68 Å². The van der Waals surface area contributed by atoms with Gasteiger partial charge in [0.25, 0.3) is 0 Å². The molecule has 2 aromatic carbocycles. The summed E-state index contributed by atoms with van der Waals surface area (Å²) in [7, 11) is 1.91. The molecule has 0 N–H and O–H groups in total. The summed E-state index contributed by atoms with van der Waals surface area (Å²) in [6.07, 6.45) is 3.20. The largest absolute Gasteiger partial charge is 0.338 e. The van der Waals surface area contributed by atoms with Gasteiger partial charge in [-0.15, -0.1) is 5.10 Å². The molecule has 0 spiro atoms. The van der Waals surface area contributed by atoms with Gasteiger partial charge in [-0.3, -0.25) is 4.79 Å². The Labute approximate surface area is 175 Å². The van der Waals surface area contributed by atoms with Crippen molar-refractivity contribution in [3.05, 3.63) is 64.7 Å². The second-order valence-corrected chi connectivity index (χ2v) is 8.51. The number of hydrogen-bond acceptors (Lipinski definition) is 5. The normalized spacial score (nSPS) is 15.8. The molecule has 29 heavy (non-hydrogen) atoms. The summed E-state index contributed by atoms with van der Waals surface area (Å²) in [5.41, 5.74) is 5.86. The van der Waals surface area contributed by atoms with Gasteiger partial charge in [-0.1, -0.05) is 53.7 Å². The Morgan fingerprint density at radius 1 is 1.24 bits per heavy atom. The molecule has 4 rings (SSSR count). The van der Waals surface area contributed by atoms with Crippen LogP contribution in [-0.4, -0.2) is 43.8 Å². The van der Waals surface area contributed by atoms with Crippen molar-refractivity contribution in [2.75, 3.05) is 12.8 Å². The number of amides is 1. The fourth-order valence-electron chi connectivity index (χ4n) is 4.00. The Hall–Kier alpha value is -2.67. The fraction of sp³-hybridized carbons (Fsp3) is 0.364. The summed E-state index contributed by atoms with van der Waals surface area (Å²) >= 11 is 1.38. The molecule has 7 heteroatoms. The first-order chi connectivity index (χ1) is 14.0. The van der Waals surface area contributed by atoms with Gasteiger partial charge in [-0.2, -0.15) is 4.68 Å². The van der Waals surface area contributed by atoms with Crippen LogP contribution in [-0.2, 0) is 11.2 Å². The van der Waals surface area contributed by atoms with Crippen molar-refractivity contribution in [3.63, 3.8) is 0 Å². The first-order valence-electron chi connectivity index (χ1n) is 9.87. The van der Waals surface area contributed by atoms with Crippen LogP contribution in [0.4, 0.5) is 0 Å². The number of thioether (sulfide) groups is 1. The highest BCUT2D eigenvalue weighted by molar-refractivity contribution is 7.99. The van der Waals surface area contributed by atoms with Gasteiger partial charge in [0.15, 0.2) is 0 Å².